The molecule has 6 heteroatoms. The van der Waals surface area contributed by atoms with Gasteiger partial charge in [-0.25, -0.2) is 4.98 Å². The highest BCUT2D eigenvalue weighted by Crippen LogP contribution is 2.37. The minimum atomic E-state index is 0.536. The highest BCUT2D eigenvalue weighted by Gasteiger charge is 2.31. The molecule has 108 valence electrons. The molecule has 1 aliphatic carbocycles. The summed E-state index contributed by atoms with van der Waals surface area (Å²) >= 11 is 3.52. The second-order valence-electron chi connectivity index (χ2n) is 4.94. The maximum Gasteiger partial charge on any atom is 0.186 e. The van der Waals surface area contributed by atoms with E-state index in [1.54, 1.807) is 29.8 Å². The Morgan fingerprint density at radius 2 is 2.35 bits per heavy atom. The van der Waals surface area contributed by atoms with Crippen molar-refractivity contribution in [1.82, 2.24) is 4.98 Å². The summed E-state index contributed by atoms with van der Waals surface area (Å²) < 4.78 is 5.22. The van der Waals surface area contributed by atoms with Gasteiger partial charge in [0.15, 0.2) is 5.13 Å². The normalized spacial score (nSPS) is 14.7. The Labute approximate surface area is 127 Å². The molecule has 0 saturated heterocycles. The number of thiophene rings is 1. The first-order valence-electron chi connectivity index (χ1n) is 6.78. The number of hydrogen-bond donors (Lipinski definition) is 1. The van der Waals surface area contributed by atoms with Crippen LogP contribution < -0.4 is 10.6 Å². The van der Waals surface area contributed by atoms with Gasteiger partial charge in [0.1, 0.15) is 0 Å². The molecule has 2 N–H and O–H groups in total. The lowest BCUT2D eigenvalue weighted by molar-refractivity contribution is 0.181. The van der Waals surface area contributed by atoms with Crippen molar-refractivity contribution in [2.75, 3.05) is 12.0 Å². The highest BCUT2D eigenvalue weighted by atomic mass is 32.1. The van der Waals surface area contributed by atoms with Crippen molar-refractivity contribution < 1.29 is 4.74 Å². The Bertz CT molecular complexity index is 549. The van der Waals surface area contributed by atoms with Crippen molar-refractivity contribution in [2.24, 2.45) is 5.73 Å². The number of methoxy groups -OCH3 is 1. The minimum Gasteiger partial charge on any atom is -0.378 e. The van der Waals surface area contributed by atoms with Gasteiger partial charge in [-0.05, 0) is 24.3 Å². The molecule has 1 fully saturated rings. The Kier molecular flexibility index (Phi) is 4.35. The molecule has 3 rings (SSSR count). The highest BCUT2D eigenvalue weighted by molar-refractivity contribution is 7.15. The standard InChI is InChI=1S/C14H19N3OS2/c1-18-9-12-13(7-15)20-14(16-12)17(10-4-5-10)8-11-3-2-6-19-11/h2-3,6,10H,4-5,7-9,15H2,1H3. The van der Waals surface area contributed by atoms with Crippen molar-refractivity contribution in [3.05, 3.63) is 33.0 Å². The first-order chi connectivity index (χ1) is 9.81. The van der Waals surface area contributed by atoms with Crippen LogP contribution in [0.4, 0.5) is 5.13 Å². The van der Waals surface area contributed by atoms with E-state index < -0.39 is 0 Å². The molecule has 1 aliphatic rings. The zero-order chi connectivity index (χ0) is 13.9. The van der Waals surface area contributed by atoms with E-state index in [0.29, 0.717) is 19.2 Å². The summed E-state index contributed by atoms with van der Waals surface area (Å²) in [7, 11) is 1.70. The quantitative estimate of drug-likeness (QED) is 0.854. The fourth-order valence-corrected chi connectivity index (χ4v) is 3.93. The molecule has 20 heavy (non-hydrogen) atoms. The Hall–Kier alpha value is -0.950. The summed E-state index contributed by atoms with van der Waals surface area (Å²) in [6.45, 7) is 2.03. The Balaban J connectivity index is 1.83. The lowest BCUT2D eigenvalue weighted by Gasteiger charge is -2.20. The van der Waals surface area contributed by atoms with Crippen molar-refractivity contribution in [2.45, 2.75) is 38.6 Å². The van der Waals surface area contributed by atoms with Gasteiger partial charge in [-0.1, -0.05) is 6.07 Å². The monoisotopic (exact) mass is 309 g/mol. The molecule has 2 aromatic rings. The van der Waals surface area contributed by atoms with E-state index in [4.69, 9.17) is 15.5 Å². The average molecular weight is 309 g/mol. The number of thiazole rings is 1. The average Bonchev–Trinajstić information content (AvgIpc) is 3.00. The molecular weight excluding hydrogens is 290 g/mol. The second-order valence-corrected chi connectivity index (χ2v) is 7.04. The van der Waals surface area contributed by atoms with Crippen LogP contribution in [0.15, 0.2) is 17.5 Å². The molecule has 2 aromatic heterocycles. The van der Waals surface area contributed by atoms with Gasteiger partial charge in [0, 0.05) is 29.5 Å². The summed E-state index contributed by atoms with van der Waals surface area (Å²) in [5.74, 6) is 0. The van der Waals surface area contributed by atoms with Crippen molar-refractivity contribution >= 4 is 27.8 Å². The van der Waals surface area contributed by atoms with Crippen molar-refractivity contribution in [3.63, 3.8) is 0 Å². The van der Waals surface area contributed by atoms with Crippen LogP contribution in [0.3, 0.4) is 0 Å². The predicted octanol–water partition coefficient (Wildman–Crippen LogP) is 2.98. The summed E-state index contributed by atoms with van der Waals surface area (Å²) in [6.07, 6.45) is 2.53. The Morgan fingerprint density at radius 1 is 1.50 bits per heavy atom. The van der Waals surface area contributed by atoms with Gasteiger partial charge >= 0.3 is 0 Å². The summed E-state index contributed by atoms with van der Waals surface area (Å²) in [4.78, 5) is 9.70. The summed E-state index contributed by atoms with van der Waals surface area (Å²) in [5, 5.41) is 3.22. The van der Waals surface area contributed by atoms with Crippen LogP contribution in [0.5, 0.6) is 0 Å². The second kappa shape index (κ2) is 6.22. The molecule has 0 unspecified atom stereocenters. The smallest absolute Gasteiger partial charge is 0.186 e. The first kappa shape index (κ1) is 14.0. The van der Waals surface area contributed by atoms with Crippen LogP contribution in [-0.2, 0) is 24.4 Å². The Morgan fingerprint density at radius 3 is 2.95 bits per heavy atom. The number of rotatable bonds is 7. The lowest BCUT2D eigenvalue weighted by atomic mass is 10.4. The van der Waals surface area contributed by atoms with Gasteiger partial charge in [-0.15, -0.1) is 22.7 Å². The third-order valence-corrected chi connectivity index (χ3v) is 5.39. The predicted molar refractivity (Wildman–Crippen MR) is 84.2 cm³/mol. The molecule has 0 aliphatic heterocycles. The first-order valence-corrected chi connectivity index (χ1v) is 8.48. The van der Waals surface area contributed by atoms with E-state index in [9.17, 15) is 0 Å². The molecule has 0 radical (unpaired) electrons. The van der Waals surface area contributed by atoms with Crippen molar-refractivity contribution in [3.8, 4) is 0 Å². The molecule has 2 heterocycles. The third kappa shape index (κ3) is 3.03. The number of nitrogens with two attached hydrogens (primary N) is 1. The minimum absolute atomic E-state index is 0.536. The van der Waals surface area contributed by atoms with Crippen LogP contribution in [0.1, 0.15) is 28.3 Å². The number of aromatic nitrogens is 1. The van der Waals surface area contributed by atoms with Gasteiger partial charge in [0.25, 0.3) is 0 Å². The number of hydrogen-bond acceptors (Lipinski definition) is 6. The fraction of sp³-hybridized carbons (Fsp3) is 0.500. The third-order valence-electron chi connectivity index (χ3n) is 3.37. The molecule has 0 bridgehead atoms. The molecule has 1 saturated carbocycles. The molecule has 0 spiro atoms. The zero-order valence-corrected chi connectivity index (χ0v) is 13.2. The fourth-order valence-electron chi connectivity index (χ4n) is 2.21. The lowest BCUT2D eigenvalue weighted by Crippen LogP contribution is -2.24. The molecule has 0 atom stereocenters. The van der Waals surface area contributed by atoms with E-state index in [-0.39, 0.29) is 0 Å². The molecule has 0 amide bonds. The maximum absolute atomic E-state index is 5.82. The van der Waals surface area contributed by atoms with Crippen LogP contribution >= 0.6 is 22.7 Å². The number of anilines is 1. The van der Waals surface area contributed by atoms with Crippen LogP contribution in [-0.4, -0.2) is 18.1 Å². The van der Waals surface area contributed by atoms with E-state index >= 15 is 0 Å². The van der Waals surface area contributed by atoms with Crippen LogP contribution in [0.2, 0.25) is 0 Å². The van der Waals surface area contributed by atoms with Gasteiger partial charge in [0.05, 0.1) is 18.8 Å². The van der Waals surface area contributed by atoms with E-state index in [1.165, 1.54) is 17.7 Å². The largest absolute Gasteiger partial charge is 0.378 e. The molecule has 0 aromatic carbocycles. The van der Waals surface area contributed by atoms with E-state index in [1.807, 2.05) is 0 Å². The summed E-state index contributed by atoms with van der Waals surface area (Å²) in [5.41, 5.74) is 6.81. The van der Waals surface area contributed by atoms with Crippen LogP contribution in [0, 0.1) is 0 Å². The van der Waals surface area contributed by atoms with Crippen molar-refractivity contribution in [1.29, 1.82) is 0 Å². The zero-order valence-electron chi connectivity index (χ0n) is 11.5. The van der Waals surface area contributed by atoms with Gasteiger partial charge < -0.3 is 15.4 Å². The molecule has 4 nitrogen and oxygen atoms in total. The van der Waals surface area contributed by atoms with Gasteiger partial charge in [0.2, 0.25) is 0 Å². The SMILES string of the molecule is COCc1nc(N(Cc2cccs2)C2CC2)sc1CN. The van der Waals surface area contributed by atoms with E-state index in [2.05, 4.69) is 22.4 Å². The molecular formula is C14H19N3OS2. The van der Waals surface area contributed by atoms with Gasteiger partial charge in [-0.2, -0.15) is 0 Å². The van der Waals surface area contributed by atoms with Gasteiger partial charge in [-0.3, -0.25) is 0 Å². The number of ether oxygens (including phenoxy) is 1. The summed E-state index contributed by atoms with van der Waals surface area (Å²) in [6, 6.07) is 4.94. The number of nitrogens with zero attached hydrogens (tertiary/aromatic N) is 2. The topological polar surface area (TPSA) is 51.4 Å². The maximum atomic E-state index is 5.82. The van der Waals surface area contributed by atoms with E-state index in [0.717, 1.165) is 22.2 Å². The van der Waals surface area contributed by atoms with Crippen LogP contribution in [0.25, 0.3) is 0 Å².